The molecule has 0 aromatic heterocycles. The van der Waals surface area contributed by atoms with Crippen molar-refractivity contribution in [3.05, 3.63) is 0 Å². The number of hydrogen-bond acceptors (Lipinski definition) is 2. The third-order valence-electron chi connectivity index (χ3n) is 2.61. The van der Waals surface area contributed by atoms with Crippen molar-refractivity contribution in [2.75, 3.05) is 13.1 Å². The molecule has 0 aromatic rings. The van der Waals surface area contributed by atoms with Gasteiger partial charge in [0.25, 0.3) is 0 Å². The highest BCUT2D eigenvalue weighted by atomic mass is 16.2. The van der Waals surface area contributed by atoms with E-state index in [1.165, 1.54) is 0 Å². The van der Waals surface area contributed by atoms with E-state index in [2.05, 4.69) is 39.6 Å². The van der Waals surface area contributed by atoms with Gasteiger partial charge in [-0.25, -0.2) is 0 Å². The van der Waals surface area contributed by atoms with Crippen LogP contribution in [0, 0.1) is 11.3 Å². The van der Waals surface area contributed by atoms with Crippen molar-refractivity contribution in [3.63, 3.8) is 0 Å². The van der Waals surface area contributed by atoms with E-state index in [9.17, 15) is 4.79 Å². The number of carbonyl (C=O) groups is 1. The summed E-state index contributed by atoms with van der Waals surface area (Å²) < 4.78 is 0. The molecule has 0 unspecified atom stereocenters. The first kappa shape index (κ1) is 13.2. The van der Waals surface area contributed by atoms with Gasteiger partial charge in [0.15, 0.2) is 0 Å². The predicted octanol–water partition coefficient (Wildman–Crippen LogP) is 2.71. The quantitative estimate of drug-likeness (QED) is 0.710. The van der Waals surface area contributed by atoms with Gasteiger partial charge in [0.05, 0.1) is 0 Å². The molecule has 92 valence electrons. The molecule has 16 heavy (non-hydrogen) atoms. The van der Waals surface area contributed by atoms with Crippen LogP contribution in [-0.4, -0.2) is 29.7 Å². The van der Waals surface area contributed by atoms with Gasteiger partial charge in [0.1, 0.15) is 5.84 Å². The highest BCUT2D eigenvalue weighted by Crippen LogP contribution is 2.23. The Morgan fingerprint density at radius 2 is 2.06 bits per heavy atom. The molecular weight excluding hydrogens is 200 g/mol. The van der Waals surface area contributed by atoms with E-state index in [0.29, 0.717) is 12.3 Å². The van der Waals surface area contributed by atoms with Crippen LogP contribution in [0.15, 0.2) is 4.99 Å². The van der Waals surface area contributed by atoms with E-state index in [4.69, 9.17) is 0 Å². The molecule has 0 fully saturated rings. The normalized spacial score (nSPS) is 17.6. The Morgan fingerprint density at radius 1 is 1.44 bits per heavy atom. The molecular formula is C13H24N2O. The van der Waals surface area contributed by atoms with Crippen molar-refractivity contribution in [3.8, 4) is 0 Å². The van der Waals surface area contributed by atoms with Crippen LogP contribution in [0.25, 0.3) is 0 Å². The summed E-state index contributed by atoms with van der Waals surface area (Å²) in [6.45, 7) is 12.2. The first-order valence-corrected chi connectivity index (χ1v) is 6.17. The van der Waals surface area contributed by atoms with Crippen molar-refractivity contribution in [2.45, 2.75) is 47.5 Å². The predicted molar refractivity (Wildman–Crippen MR) is 67.5 cm³/mol. The topological polar surface area (TPSA) is 32.7 Å². The summed E-state index contributed by atoms with van der Waals surface area (Å²) in [7, 11) is 0. The maximum atomic E-state index is 12.1. The first-order chi connectivity index (χ1) is 7.32. The average molecular weight is 224 g/mol. The van der Waals surface area contributed by atoms with Crippen molar-refractivity contribution in [1.29, 1.82) is 0 Å². The lowest BCUT2D eigenvalue weighted by Gasteiger charge is -2.35. The third kappa shape index (κ3) is 3.32. The van der Waals surface area contributed by atoms with Gasteiger partial charge in [0.2, 0.25) is 5.91 Å². The smallest absolute Gasteiger partial charge is 0.228 e. The van der Waals surface area contributed by atoms with E-state index in [-0.39, 0.29) is 11.3 Å². The molecule has 0 bridgehead atoms. The van der Waals surface area contributed by atoms with Gasteiger partial charge in [-0.05, 0) is 12.3 Å². The number of carbonyl (C=O) groups excluding carboxylic acids is 1. The lowest BCUT2D eigenvalue weighted by atomic mass is 9.92. The van der Waals surface area contributed by atoms with Gasteiger partial charge in [-0.15, -0.1) is 0 Å². The highest BCUT2D eigenvalue weighted by Gasteiger charge is 2.30. The number of amidine groups is 1. The van der Waals surface area contributed by atoms with E-state index >= 15 is 0 Å². The summed E-state index contributed by atoms with van der Waals surface area (Å²) in [5.74, 6) is 1.60. The monoisotopic (exact) mass is 224 g/mol. The second-order valence-corrected chi connectivity index (χ2v) is 5.95. The molecule has 1 heterocycles. The Balaban J connectivity index is 2.81. The zero-order valence-corrected chi connectivity index (χ0v) is 11.2. The minimum absolute atomic E-state index is 0.0347. The third-order valence-corrected chi connectivity index (χ3v) is 2.61. The van der Waals surface area contributed by atoms with Gasteiger partial charge in [-0.3, -0.25) is 9.79 Å². The van der Waals surface area contributed by atoms with Crippen LogP contribution in [0.5, 0.6) is 0 Å². The van der Waals surface area contributed by atoms with Crippen LogP contribution in [0.2, 0.25) is 0 Å². The average Bonchev–Trinajstić information content (AvgIpc) is 2.15. The molecule has 0 atom stereocenters. The molecule has 0 saturated carbocycles. The number of hydrogen-bond donors (Lipinski definition) is 0. The minimum Gasteiger partial charge on any atom is -0.300 e. The van der Waals surface area contributed by atoms with Gasteiger partial charge in [-0.1, -0.05) is 34.6 Å². The summed E-state index contributed by atoms with van der Waals surface area (Å²) in [6.07, 6.45) is 1.61. The SMILES string of the molecule is CC(C)CC(=O)N1CCCN=C1C(C)(C)C. The number of amides is 1. The second-order valence-electron chi connectivity index (χ2n) is 5.95. The van der Waals surface area contributed by atoms with Crippen molar-refractivity contribution < 1.29 is 4.79 Å². The number of aliphatic imine (C=N–C) groups is 1. The van der Waals surface area contributed by atoms with E-state index < -0.39 is 0 Å². The van der Waals surface area contributed by atoms with Crippen molar-refractivity contribution in [2.24, 2.45) is 16.3 Å². The fourth-order valence-corrected chi connectivity index (χ4v) is 1.95. The molecule has 3 heteroatoms. The Bertz CT molecular complexity index is 287. The van der Waals surface area contributed by atoms with Crippen LogP contribution in [0.1, 0.15) is 47.5 Å². The van der Waals surface area contributed by atoms with E-state index in [1.54, 1.807) is 0 Å². The first-order valence-electron chi connectivity index (χ1n) is 6.17. The molecule has 1 aliphatic rings. The van der Waals surface area contributed by atoms with Crippen LogP contribution >= 0.6 is 0 Å². The summed E-state index contributed by atoms with van der Waals surface area (Å²) in [6, 6.07) is 0. The summed E-state index contributed by atoms with van der Waals surface area (Å²) in [5.41, 5.74) is -0.0347. The molecule has 0 radical (unpaired) electrons. The van der Waals surface area contributed by atoms with Gasteiger partial charge in [0, 0.05) is 24.9 Å². The van der Waals surface area contributed by atoms with Crippen molar-refractivity contribution in [1.82, 2.24) is 4.90 Å². The molecule has 0 saturated heterocycles. The summed E-state index contributed by atoms with van der Waals surface area (Å²) in [5, 5.41) is 0. The van der Waals surface area contributed by atoms with Crippen LogP contribution < -0.4 is 0 Å². The lowest BCUT2D eigenvalue weighted by Crippen LogP contribution is -2.46. The molecule has 3 nitrogen and oxygen atoms in total. The fraction of sp³-hybridized carbons (Fsp3) is 0.846. The zero-order valence-electron chi connectivity index (χ0n) is 11.2. The van der Waals surface area contributed by atoms with Crippen LogP contribution in [-0.2, 0) is 4.79 Å². The minimum atomic E-state index is -0.0347. The van der Waals surface area contributed by atoms with E-state index in [0.717, 1.165) is 25.3 Å². The fourth-order valence-electron chi connectivity index (χ4n) is 1.95. The molecule has 0 spiro atoms. The molecule has 1 aliphatic heterocycles. The van der Waals surface area contributed by atoms with Crippen LogP contribution in [0.3, 0.4) is 0 Å². The lowest BCUT2D eigenvalue weighted by molar-refractivity contribution is -0.128. The summed E-state index contributed by atoms with van der Waals surface area (Å²) >= 11 is 0. The summed E-state index contributed by atoms with van der Waals surface area (Å²) in [4.78, 5) is 18.5. The second kappa shape index (κ2) is 4.98. The highest BCUT2D eigenvalue weighted by molar-refractivity contribution is 6.01. The maximum absolute atomic E-state index is 12.1. The Kier molecular flexibility index (Phi) is 4.11. The number of nitrogens with zero attached hydrogens (tertiary/aromatic N) is 2. The molecule has 0 aromatic carbocycles. The largest absolute Gasteiger partial charge is 0.300 e. The maximum Gasteiger partial charge on any atom is 0.228 e. The van der Waals surface area contributed by atoms with Crippen molar-refractivity contribution >= 4 is 11.7 Å². The molecule has 1 rings (SSSR count). The Hall–Kier alpha value is -0.860. The van der Waals surface area contributed by atoms with Crippen LogP contribution in [0.4, 0.5) is 0 Å². The van der Waals surface area contributed by atoms with Gasteiger partial charge in [-0.2, -0.15) is 0 Å². The zero-order chi connectivity index (χ0) is 12.3. The Labute approximate surface area is 98.9 Å². The molecule has 0 aliphatic carbocycles. The molecule has 0 N–H and O–H groups in total. The van der Waals surface area contributed by atoms with Gasteiger partial charge < -0.3 is 4.90 Å². The number of rotatable bonds is 2. The molecule has 1 amide bonds. The van der Waals surface area contributed by atoms with E-state index in [1.807, 2.05) is 4.90 Å². The standard InChI is InChI=1S/C13H24N2O/c1-10(2)9-11(16)15-8-6-7-14-12(15)13(3,4)5/h10H,6-9H2,1-5H3. The Morgan fingerprint density at radius 3 is 2.56 bits per heavy atom. The van der Waals surface area contributed by atoms with Gasteiger partial charge >= 0.3 is 0 Å².